The van der Waals surface area contributed by atoms with Gasteiger partial charge in [-0.3, -0.25) is 0 Å². The predicted octanol–water partition coefficient (Wildman–Crippen LogP) is 1.57. The maximum absolute atomic E-state index is 11.4. The lowest BCUT2D eigenvalue weighted by Gasteiger charge is -2.22. The second kappa shape index (κ2) is 5.64. The van der Waals surface area contributed by atoms with Crippen molar-refractivity contribution in [3.8, 4) is 0 Å². The first-order valence-corrected chi connectivity index (χ1v) is 8.64. The van der Waals surface area contributed by atoms with Gasteiger partial charge in [-0.1, -0.05) is 22.9 Å². The first-order valence-electron chi connectivity index (χ1n) is 5.63. The average Bonchev–Trinajstić information content (AvgIpc) is 2.72. The number of aromatic nitrogens is 1. The minimum atomic E-state index is -2.89. The highest BCUT2D eigenvalue weighted by atomic mass is 35.5. The molecule has 0 aliphatic carbocycles. The Labute approximate surface area is 120 Å². The first kappa shape index (κ1) is 14.5. The normalized spacial score (nSPS) is 19.1. The van der Waals surface area contributed by atoms with Crippen molar-refractivity contribution in [1.29, 1.82) is 0 Å². The molecule has 106 valence electrons. The van der Waals surface area contributed by atoms with Gasteiger partial charge in [-0.15, -0.1) is 0 Å². The van der Waals surface area contributed by atoms with E-state index in [0.717, 1.165) is 11.3 Å². The Morgan fingerprint density at radius 3 is 2.68 bits per heavy atom. The fraction of sp³-hybridized carbons (Fsp3) is 0.600. The molecule has 1 aliphatic rings. The smallest absolute Gasteiger partial charge is 0.351 e. The number of carbonyl (C=O) groups excluding carboxylic acids is 1. The highest BCUT2D eigenvalue weighted by Crippen LogP contribution is 2.29. The summed E-state index contributed by atoms with van der Waals surface area (Å²) in [5.41, 5.74) is 0. The van der Waals surface area contributed by atoms with E-state index in [2.05, 4.69) is 15.0 Å². The summed E-state index contributed by atoms with van der Waals surface area (Å²) in [6.07, 6.45) is 1.07. The van der Waals surface area contributed by atoms with E-state index >= 15 is 0 Å². The molecule has 2 rings (SSSR count). The number of ether oxygens (including phenoxy) is 1. The molecule has 2 heterocycles. The molecular formula is C10H13ClN2O4S2. The summed E-state index contributed by atoms with van der Waals surface area (Å²) < 4.78 is 27.2. The minimum Gasteiger partial charge on any atom is -0.465 e. The number of carbonyl (C=O) groups is 1. The molecule has 0 bridgehead atoms. The average molecular weight is 325 g/mol. The third-order valence-electron chi connectivity index (χ3n) is 2.84. The lowest BCUT2D eigenvalue weighted by Crippen LogP contribution is -2.32. The van der Waals surface area contributed by atoms with E-state index in [4.69, 9.17) is 11.6 Å². The number of esters is 1. The van der Waals surface area contributed by atoms with Crippen LogP contribution in [0.3, 0.4) is 0 Å². The lowest BCUT2D eigenvalue weighted by atomic mass is 10.2. The predicted molar refractivity (Wildman–Crippen MR) is 73.8 cm³/mol. The van der Waals surface area contributed by atoms with Crippen molar-refractivity contribution in [3.05, 3.63) is 10.0 Å². The Morgan fingerprint density at radius 2 is 2.11 bits per heavy atom. The topological polar surface area (TPSA) is 85.4 Å². The molecule has 0 aromatic carbocycles. The van der Waals surface area contributed by atoms with Gasteiger partial charge in [0.1, 0.15) is 9.84 Å². The fourth-order valence-corrected chi connectivity index (χ4v) is 4.46. The molecule has 0 atom stereocenters. The van der Waals surface area contributed by atoms with Gasteiger partial charge < -0.3 is 10.1 Å². The molecule has 1 fully saturated rings. The third kappa shape index (κ3) is 3.58. The number of methoxy groups -OCH3 is 1. The van der Waals surface area contributed by atoms with Crippen molar-refractivity contribution in [2.75, 3.05) is 23.9 Å². The van der Waals surface area contributed by atoms with Crippen LogP contribution in [0.1, 0.15) is 22.5 Å². The molecule has 0 amide bonds. The molecule has 9 heteroatoms. The number of anilines is 1. The molecule has 0 radical (unpaired) electrons. The SMILES string of the molecule is COC(=O)c1sc(NC2CCS(=O)(=O)CC2)nc1Cl. The Balaban J connectivity index is 2.03. The van der Waals surface area contributed by atoms with Gasteiger partial charge in [0, 0.05) is 6.04 Å². The van der Waals surface area contributed by atoms with Gasteiger partial charge in [0.25, 0.3) is 0 Å². The van der Waals surface area contributed by atoms with Crippen molar-refractivity contribution in [2.24, 2.45) is 0 Å². The van der Waals surface area contributed by atoms with Crippen LogP contribution in [0.2, 0.25) is 5.15 Å². The van der Waals surface area contributed by atoms with Crippen LogP contribution in [0.15, 0.2) is 0 Å². The van der Waals surface area contributed by atoms with Gasteiger partial charge in [0.05, 0.1) is 18.6 Å². The van der Waals surface area contributed by atoms with E-state index in [1.54, 1.807) is 0 Å². The number of nitrogens with zero attached hydrogens (tertiary/aromatic N) is 1. The van der Waals surface area contributed by atoms with Crippen LogP contribution in [0.25, 0.3) is 0 Å². The van der Waals surface area contributed by atoms with Crippen LogP contribution in [0, 0.1) is 0 Å². The third-order valence-corrected chi connectivity index (χ3v) is 5.91. The summed E-state index contributed by atoms with van der Waals surface area (Å²) in [5.74, 6) is -0.178. The number of thiazole rings is 1. The summed E-state index contributed by atoms with van der Waals surface area (Å²) in [5, 5.41) is 3.72. The standard InChI is InChI=1S/C10H13ClN2O4S2/c1-17-9(14)7-8(11)13-10(18-7)12-6-2-4-19(15,16)5-3-6/h6H,2-5H2,1H3,(H,12,13). The van der Waals surface area contributed by atoms with Crippen LogP contribution in [0.4, 0.5) is 5.13 Å². The minimum absolute atomic E-state index is 0.0382. The fourth-order valence-electron chi connectivity index (χ4n) is 1.79. The van der Waals surface area contributed by atoms with E-state index in [-0.39, 0.29) is 27.6 Å². The largest absolute Gasteiger partial charge is 0.465 e. The van der Waals surface area contributed by atoms with Gasteiger partial charge in [-0.2, -0.15) is 0 Å². The van der Waals surface area contributed by atoms with Gasteiger partial charge in [-0.25, -0.2) is 18.2 Å². The molecular weight excluding hydrogens is 312 g/mol. The summed E-state index contributed by atoms with van der Waals surface area (Å²) in [6, 6.07) is 0.0382. The van der Waals surface area contributed by atoms with Gasteiger partial charge in [0.15, 0.2) is 15.2 Å². The second-order valence-corrected chi connectivity index (χ2v) is 7.86. The van der Waals surface area contributed by atoms with Gasteiger partial charge >= 0.3 is 5.97 Å². The molecule has 19 heavy (non-hydrogen) atoms. The Kier molecular flexibility index (Phi) is 4.32. The van der Waals surface area contributed by atoms with Crippen LogP contribution >= 0.6 is 22.9 Å². The Hall–Kier alpha value is -0.860. The number of rotatable bonds is 3. The molecule has 1 N–H and O–H groups in total. The van der Waals surface area contributed by atoms with Crippen LogP contribution in [0.5, 0.6) is 0 Å². The molecule has 0 unspecified atom stereocenters. The van der Waals surface area contributed by atoms with Gasteiger partial charge in [0.2, 0.25) is 0 Å². The van der Waals surface area contributed by atoms with E-state index in [1.165, 1.54) is 7.11 Å². The molecule has 1 saturated heterocycles. The zero-order valence-electron chi connectivity index (χ0n) is 10.2. The first-order chi connectivity index (χ1) is 8.91. The van der Waals surface area contributed by atoms with Crippen molar-refractivity contribution in [3.63, 3.8) is 0 Å². The van der Waals surface area contributed by atoms with Crippen molar-refractivity contribution in [2.45, 2.75) is 18.9 Å². The zero-order chi connectivity index (χ0) is 14.0. The monoisotopic (exact) mass is 324 g/mol. The maximum Gasteiger partial charge on any atom is 0.351 e. The highest BCUT2D eigenvalue weighted by Gasteiger charge is 2.25. The molecule has 0 saturated carbocycles. The summed E-state index contributed by atoms with van der Waals surface area (Å²) >= 11 is 6.95. The lowest BCUT2D eigenvalue weighted by molar-refractivity contribution is 0.0606. The van der Waals surface area contributed by atoms with Crippen molar-refractivity contribution < 1.29 is 17.9 Å². The molecule has 1 aromatic heterocycles. The summed E-state index contributed by atoms with van der Waals surface area (Å²) in [6.45, 7) is 0. The molecule has 1 aliphatic heterocycles. The maximum atomic E-state index is 11.4. The van der Waals surface area contributed by atoms with Crippen molar-refractivity contribution in [1.82, 2.24) is 4.98 Å². The van der Waals surface area contributed by atoms with Crippen LogP contribution < -0.4 is 5.32 Å². The number of hydrogen-bond acceptors (Lipinski definition) is 7. The van der Waals surface area contributed by atoms with E-state index in [0.29, 0.717) is 18.0 Å². The summed E-state index contributed by atoms with van der Waals surface area (Å²) in [4.78, 5) is 15.7. The number of sulfone groups is 1. The van der Waals surface area contributed by atoms with Crippen molar-refractivity contribution >= 4 is 43.9 Å². The number of halogens is 1. The second-order valence-electron chi connectivity index (χ2n) is 4.20. The van der Waals surface area contributed by atoms with Crippen LogP contribution in [-0.2, 0) is 14.6 Å². The quantitative estimate of drug-likeness (QED) is 0.849. The van der Waals surface area contributed by atoms with Gasteiger partial charge in [-0.05, 0) is 12.8 Å². The highest BCUT2D eigenvalue weighted by molar-refractivity contribution is 7.91. The summed E-state index contributed by atoms with van der Waals surface area (Å²) in [7, 11) is -1.61. The van der Waals surface area contributed by atoms with E-state index in [9.17, 15) is 13.2 Å². The van der Waals surface area contributed by atoms with E-state index in [1.807, 2.05) is 0 Å². The van der Waals surface area contributed by atoms with E-state index < -0.39 is 15.8 Å². The zero-order valence-corrected chi connectivity index (χ0v) is 12.6. The molecule has 0 spiro atoms. The Morgan fingerprint density at radius 1 is 1.47 bits per heavy atom. The molecule has 1 aromatic rings. The number of nitrogens with one attached hydrogen (secondary N) is 1. The number of hydrogen-bond donors (Lipinski definition) is 1. The van der Waals surface area contributed by atoms with Crippen LogP contribution in [-0.4, -0.2) is 44.0 Å². The Bertz CT molecular complexity index is 570. The molecule has 6 nitrogen and oxygen atoms in total.